The Bertz CT molecular complexity index is 768. The van der Waals surface area contributed by atoms with E-state index in [2.05, 4.69) is 15.5 Å². The number of rotatable bonds is 3. The third-order valence-electron chi connectivity index (χ3n) is 3.92. The zero-order valence-electron chi connectivity index (χ0n) is 13.7. The molecule has 0 aromatic carbocycles. The number of carbonyl (C=O) groups excluding carboxylic acids is 1. The van der Waals surface area contributed by atoms with Crippen molar-refractivity contribution in [3.8, 4) is 0 Å². The third-order valence-corrected chi connectivity index (χ3v) is 4.27. The minimum Gasteiger partial charge on any atom is -0.390 e. The number of aliphatic hydroxyl groups is 1. The highest BCUT2D eigenvalue weighted by Gasteiger charge is 2.30. The van der Waals surface area contributed by atoms with Crippen molar-refractivity contribution < 1.29 is 19.2 Å². The van der Waals surface area contributed by atoms with Gasteiger partial charge in [0.25, 0.3) is 5.91 Å². The maximum absolute atomic E-state index is 11.9. The Labute approximate surface area is 143 Å². The SMILES string of the molecule is CNC(=O)c1noc2c(Cl)c(N3C[C@@H](C)O[C@@H](C)C3)c(CO)nc12. The van der Waals surface area contributed by atoms with Crippen LogP contribution in [-0.4, -0.2) is 53.5 Å². The maximum Gasteiger partial charge on any atom is 0.275 e. The lowest BCUT2D eigenvalue weighted by Crippen LogP contribution is -2.46. The van der Waals surface area contributed by atoms with Gasteiger partial charge in [0.05, 0.1) is 30.2 Å². The standard InChI is InChI=1S/C15H19ClN4O4/c1-7-4-20(5-8(2)23-7)13-9(6-21)18-11-12(15(22)17-3)19-24-14(11)10(13)16/h7-8,21H,4-6H2,1-3H3,(H,17,22)/t7-,8+. The van der Waals surface area contributed by atoms with E-state index >= 15 is 0 Å². The summed E-state index contributed by atoms with van der Waals surface area (Å²) in [7, 11) is 1.49. The number of nitrogens with one attached hydrogen (secondary N) is 1. The van der Waals surface area contributed by atoms with E-state index in [0.29, 0.717) is 24.5 Å². The molecule has 0 aliphatic carbocycles. The minimum atomic E-state index is -0.428. The molecule has 0 bridgehead atoms. The number of halogens is 1. The van der Waals surface area contributed by atoms with Gasteiger partial charge in [0.2, 0.25) is 5.58 Å². The Balaban J connectivity index is 2.15. The van der Waals surface area contributed by atoms with E-state index in [1.54, 1.807) is 0 Å². The number of aliphatic hydroxyl groups excluding tert-OH is 1. The molecule has 1 aliphatic rings. The number of pyridine rings is 1. The Hall–Kier alpha value is -1.90. The quantitative estimate of drug-likeness (QED) is 0.857. The molecular formula is C15H19ClN4O4. The number of amides is 1. The van der Waals surface area contributed by atoms with Crippen molar-refractivity contribution in [1.29, 1.82) is 0 Å². The topological polar surface area (TPSA) is 101 Å². The summed E-state index contributed by atoms with van der Waals surface area (Å²) in [5.74, 6) is -0.428. The molecule has 24 heavy (non-hydrogen) atoms. The average Bonchev–Trinajstić information content (AvgIpc) is 2.97. The lowest BCUT2D eigenvalue weighted by molar-refractivity contribution is -0.00533. The molecule has 1 amide bonds. The lowest BCUT2D eigenvalue weighted by atomic mass is 10.1. The summed E-state index contributed by atoms with van der Waals surface area (Å²) in [6, 6.07) is 0. The Kier molecular flexibility index (Phi) is 4.62. The van der Waals surface area contributed by atoms with Crippen molar-refractivity contribution in [2.45, 2.75) is 32.7 Å². The van der Waals surface area contributed by atoms with E-state index in [-0.39, 0.29) is 40.6 Å². The maximum atomic E-state index is 11.9. The van der Waals surface area contributed by atoms with E-state index < -0.39 is 5.91 Å². The summed E-state index contributed by atoms with van der Waals surface area (Å²) in [5, 5.41) is 16.3. The lowest BCUT2D eigenvalue weighted by Gasteiger charge is -2.37. The number of ether oxygens (including phenoxy) is 1. The third kappa shape index (κ3) is 2.81. The molecule has 1 saturated heterocycles. The van der Waals surface area contributed by atoms with Crippen molar-refractivity contribution in [2.75, 3.05) is 25.0 Å². The molecule has 1 aliphatic heterocycles. The van der Waals surface area contributed by atoms with Gasteiger partial charge in [-0.15, -0.1) is 0 Å². The van der Waals surface area contributed by atoms with E-state index in [1.807, 2.05) is 18.7 Å². The number of morpholine rings is 1. The van der Waals surface area contributed by atoms with Gasteiger partial charge in [-0.2, -0.15) is 0 Å². The van der Waals surface area contributed by atoms with Crippen LogP contribution in [0.25, 0.3) is 11.1 Å². The number of nitrogens with zero attached hydrogens (tertiary/aromatic N) is 3. The summed E-state index contributed by atoms with van der Waals surface area (Å²) in [6.45, 7) is 4.85. The van der Waals surface area contributed by atoms with E-state index in [1.165, 1.54) is 7.05 Å². The van der Waals surface area contributed by atoms with Crippen LogP contribution in [0.2, 0.25) is 5.02 Å². The van der Waals surface area contributed by atoms with Crippen LogP contribution in [0.3, 0.4) is 0 Å². The minimum absolute atomic E-state index is 0.0169. The number of hydrogen-bond acceptors (Lipinski definition) is 7. The first-order valence-corrected chi connectivity index (χ1v) is 8.05. The first-order valence-electron chi connectivity index (χ1n) is 7.67. The second-order valence-electron chi connectivity index (χ2n) is 5.83. The fourth-order valence-electron chi connectivity index (χ4n) is 3.01. The smallest absolute Gasteiger partial charge is 0.275 e. The predicted octanol–water partition coefficient (Wildman–Crippen LogP) is 1.34. The van der Waals surface area contributed by atoms with Gasteiger partial charge in [-0.1, -0.05) is 16.8 Å². The molecular weight excluding hydrogens is 336 g/mol. The molecule has 0 unspecified atom stereocenters. The average molecular weight is 355 g/mol. The number of carbonyl (C=O) groups is 1. The van der Waals surface area contributed by atoms with Gasteiger partial charge in [0.15, 0.2) is 5.69 Å². The largest absolute Gasteiger partial charge is 0.390 e. The number of anilines is 1. The zero-order chi connectivity index (χ0) is 17.4. The van der Waals surface area contributed by atoms with Crippen molar-refractivity contribution in [3.05, 3.63) is 16.4 Å². The summed E-state index contributed by atoms with van der Waals surface area (Å²) in [6.07, 6.45) is 0.0337. The number of fused-ring (bicyclic) bond motifs is 1. The molecule has 8 nitrogen and oxygen atoms in total. The van der Waals surface area contributed by atoms with Gasteiger partial charge in [-0.25, -0.2) is 4.98 Å². The molecule has 3 rings (SSSR count). The Morgan fingerprint density at radius 1 is 1.42 bits per heavy atom. The summed E-state index contributed by atoms with van der Waals surface area (Å²) >= 11 is 6.52. The van der Waals surface area contributed by atoms with E-state index in [9.17, 15) is 9.90 Å². The summed E-state index contributed by atoms with van der Waals surface area (Å²) in [5.41, 5.74) is 1.48. The molecule has 1 fully saturated rings. The summed E-state index contributed by atoms with van der Waals surface area (Å²) in [4.78, 5) is 18.3. The first-order chi connectivity index (χ1) is 11.5. The molecule has 9 heteroatoms. The zero-order valence-corrected chi connectivity index (χ0v) is 14.4. The van der Waals surface area contributed by atoms with Crippen LogP contribution in [0.15, 0.2) is 4.52 Å². The highest BCUT2D eigenvalue weighted by atomic mass is 35.5. The molecule has 2 aromatic heterocycles. The van der Waals surface area contributed by atoms with Crippen LogP contribution in [0, 0.1) is 0 Å². The molecule has 2 atom stereocenters. The molecule has 2 aromatic rings. The highest BCUT2D eigenvalue weighted by molar-refractivity contribution is 6.37. The van der Waals surface area contributed by atoms with Gasteiger partial charge in [-0.05, 0) is 13.8 Å². The van der Waals surface area contributed by atoms with Crippen LogP contribution in [0.5, 0.6) is 0 Å². The molecule has 2 N–H and O–H groups in total. The predicted molar refractivity (Wildman–Crippen MR) is 88.3 cm³/mol. The van der Waals surface area contributed by atoms with Crippen molar-refractivity contribution >= 4 is 34.3 Å². The van der Waals surface area contributed by atoms with Gasteiger partial charge in [0.1, 0.15) is 10.5 Å². The molecule has 0 saturated carbocycles. The van der Waals surface area contributed by atoms with Crippen molar-refractivity contribution in [2.24, 2.45) is 0 Å². The van der Waals surface area contributed by atoms with Crippen molar-refractivity contribution in [3.63, 3.8) is 0 Å². The highest BCUT2D eigenvalue weighted by Crippen LogP contribution is 2.37. The van der Waals surface area contributed by atoms with E-state index in [4.69, 9.17) is 20.9 Å². The summed E-state index contributed by atoms with van der Waals surface area (Å²) < 4.78 is 11.0. The number of hydrogen-bond donors (Lipinski definition) is 2. The second-order valence-corrected chi connectivity index (χ2v) is 6.21. The molecule has 0 spiro atoms. The van der Waals surface area contributed by atoms with Gasteiger partial charge >= 0.3 is 0 Å². The van der Waals surface area contributed by atoms with Crippen LogP contribution < -0.4 is 10.2 Å². The molecule has 130 valence electrons. The van der Waals surface area contributed by atoms with Gasteiger partial charge in [-0.3, -0.25) is 4.79 Å². The van der Waals surface area contributed by atoms with Gasteiger partial charge < -0.3 is 24.6 Å². The second kappa shape index (κ2) is 6.54. The fraction of sp³-hybridized carbons (Fsp3) is 0.533. The Morgan fingerprint density at radius 3 is 2.67 bits per heavy atom. The fourth-order valence-corrected chi connectivity index (χ4v) is 3.37. The van der Waals surface area contributed by atoms with Crippen LogP contribution in [0.1, 0.15) is 30.0 Å². The number of aromatic nitrogens is 2. The van der Waals surface area contributed by atoms with Crippen LogP contribution in [0.4, 0.5) is 5.69 Å². The van der Waals surface area contributed by atoms with Crippen molar-refractivity contribution in [1.82, 2.24) is 15.5 Å². The Morgan fingerprint density at radius 2 is 2.08 bits per heavy atom. The van der Waals surface area contributed by atoms with Gasteiger partial charge in [0, 0.05) is 20.1 Å². The van der Waals surface area contributed by atoms with E-state index in [0.717, 1.165) is 0 Å². The first kappa shape index (κ1) is 16.9. The molecule has 0 radical (unpaired) electrons. The molecule has 3 heterocycles. The normalized spacial score (nSPS) is 21.3. The van der Waals surface area contributed by atoms with Crippen LogP contribution in [-0.2, 0) is 11.3 Å². The van der Waals surface area contributed by atoms with Crippen LogP contribution >= 0.6 is 11.6 Å². The monoisotopic (exact) mass is 354 g/mol.